The third-order valence-electron chi connectivity index (χ3n) is 4.96. The summed E-state index contributed by atoms with van der Waals surface area (Å²) in [6, 6.07) is 14.0. The Morgan fingerprint density at radius 2 is 1.83 bits per heavy atom. The van der Waals surface area contributed by atoms with Crippen molar-refractivity contribution in [1.82, 2.24) is 9.29 Å². The highest BCUT2D eigenvalue weighted by atomic mass is 35.5. The summed E-state index contributed by atoms with van der Waals surface area (Å²) in [4.78, 5) is 28.8. The van der Waals surface area contributed by atoms with E-state index >= 15 is 0 Å². The molecule has 2 aromatic heterocycles. The number of amidine groups is 1. The number of anilines is 1. The lowest BCUT2D eigenvalue weighted by atomic mass is 10.1. The van der Waals surface area contributed by atoms with E-state index in [2.05, 4.69) is 10.3 Å². The topological polar surface area (TPSA) is 156 Å². The molecule has 0 atom stereocenters. The molecule has 0 saturated heterocycles. The number of nitrogens with one attached hydrogen (secondary N) is 2. The number of fused-ring (bicyclic) bond motifs is 1. The minimum Gasteiger partial charge on any atom is -0.494 e. The molecule has 180 valence electrons. The molecule has 2 amide bonds. The summed E-state index contributed by atoms with van der Waals surface area (Å²) in [5.41, 5.74) is 6.55. The van der Waals surface area contributed by atoms with Gasteiger partial charge < -0.3 is 16.2 Å². The molecular weight excluding hydrogens is 514 g/mol. The Labute approximate surface area is 208 Å². The normalized spacial score (nSPS) is 12.0. The third-order valence-corrected chi connectivity index (χ3v) is 8.02. The van der Waals surface area contributed by atoms with Crippen LogP contribution in [0.3, 0.4) is 0 Å². The quantitative estimate of drug-likeness (QED) is 0.229. The number of aromatic nitrogens is 1. The van der Waals surface area contributed by atoms with E-state index in [-0.39, 0.29) is 20.1 Å². The SMILES string of the molecule is CN=C(N)c1ccc2c(O)n(-c3ccc(NC(=O)NS(=O)(=O)c4ccc(Cl)s4)cc3)c(=O)cc2c1. The Kier molecular flexibility index (Phi) is 6.52. The van der Waals surface area contributed by atoms with E-state index in [9.17, 15) is 23.1 Å². The predicted octanol–water partition coefficient (Wildman–Crippen LogP) is 3.26. The number of aliphatic imine (C=N–C) groups is 1. The molecule has 35 heavy (non-hydrogen) atoms. The van der Waals surface area contributed by atoms with Crippen molar-refractivity contribution in [2.24, 2.45) is 10.7 Å². The molecule has 5 N–H and O–H groups in total. The molecule has 4 aromatic rings. The Morgan fingerprint density at radius 3 is 2.46 bits per heavy atom. The van der Waals surface area contributed by atoms with Gasteiger partial charge in [-0.1, -0.05) is 17.7 Å². The zero-order chi connectivity index (χ0) is 25.3. The standard InChI is InChI=1S/C22H18ClN5O5S2/c1-25-20(24)12-2-7-16-13(10-12)11-18(29)28(21(16)30)15-5-3-14(4-6-15)26-22(31)27-35(32,33)19-9-8-17(23)34-19/h2-11,30H,1H3,(H2,24,25)(H2,26,27,31). The van der Waals surface area contributed by atoms with Gasteiger partial charge in [0.15, 0.2) is 0 Å². The summed E-state index contributed by atoms with van der Waals surface area (Å²) in [7, 11) is -2.52. The van der Waals surface area contributed by atoms with E-state index in [1.165, 1.54) is 42.5 Å². The summed E-state index contributed by atoms with van der Waals surface area (Å²) >= 11 is 6.57. The number of amides is 2. The van der Waals surface area contributed by atoms with Crippen molar-refractivity contribution >= 4 is 61.3 Å². The molecule has 0 aliphatic carbocycles. The number of sulfonamides is 1. The smallest absolute Gasteiger partial charge is 0.333 e. The van der Waals surface area contributed by atoms with Crippen LogP contribution in [-0.2, 0) is 10.0 Å². The first-order valence-electron chi connectivity index (χ1n) is 9.90. The molecule has 10 nitrogen and oxygen atoms in total. The molecule has 0 saturated carbocycles. The van der Waals surface area contributed by atoms with Crippen molar-refractivity contribution in [3.63, 3.8) is 0 Å². The van der Waals surface area contributed by atoms with E-state index in [1.807, 2.05) is 4.72 Å². The lowest BCUT2D eigenvalue weighted by Gasteiger charge is -2.13. The number of hydrogen-bond acceptors (Lipinski definition) is 7. The zero-order valence-electron chi connectivity index (χ0n) is 18.0. The number of halogens is 1. The van der Waals surface area contributed by atoms with Crippen molar-refractivity contribution < 1.29 is 18.3 Å². The molecule has 0 aliphatic rings. The van der Waals surface area contributed by atoms with Crippen LogP contribution >= 0.6 is 22.9 Å². The summed E-state index contributed by atoms with van der Waals surface area (Å²) < 4.78 is 27.7. The van der Waals surface area contributed by atoms with E-state index in [0.717, 1.165) is 15.9 Å². The molecule has 2 heterocycles. The molecule has 0 radical (unpaired) electrons. The van der Waals surface area contributed by atoms with Crippen LogP contribution in [-0.4, -0.2) is 37.0 Å². The molecule has 0 bridgehead atoms. The minimum absolute atomic E-state index is 0.101. The van der Waals surface area contributed by atoms with Gasteiger partial charge in [0.05, 0.1) is 10.0 Å². The van der Waals surface area contributed by atoms with Crippen LogP contribution in [0.5, 0.6) is 5.88 Å². The fourth-order valence-electron chi connectivity index (χ4n) is 3.31. The number of aromatic hydroxyl groups is 1. The van der Waals surface area contributed by atoms with E-state index < -0.39 is 21.6 Å². The first-order chi connectivity index (χ1) is 16.6. The van der Waals surface area contributed by atoms with Gasteiger partial charge in [-0.2, -0.15) is 0 Å². The number of benzene rings is 2. The highest BCUT2D eigenvalue weighted by Crippen LogP contribution is 2.27. The van der Waals surface area contributed by atoms with Gasteiger partial charge in [-0.3, -0.25) is 9.79 Å². The number of nitrogens with two attached hydrogens (primary N) is 1. The van der Waals surface area contributed by atoms with Gasteiger partial charge in [0.2, 0.25) is 5.88 Å². The van der Waals surface area contributed by atoms with Crippen molar-refractivity contribution in [2.75, 3.05) is 12.4 Å². The number of thiophene rings is 1. The van der Waals surface area contributed by atoms with Crippen LogP contribution in [0.4, 0.5) is 10.5 Å². The van der Waals surface area contributed by atoms with Crippen LogP contribution in [0.25, 0.3) is 16.5 Å². The second-order valence-corrected chi connectivity index (χ2v) is 10.8. The Bertz CT molecular complexity index is 1640. The maximum atomic E-state index is 12.7. The fraction of sp³-hybridized carbons (Fsp3) is 0.0455. The van der Waals surface area contributed by atoms with E-state index in [1.54, 1.807) is 25.2 Å². The van der Waals surface area contributed by atoms with Gasteiger partial charge in [-0.15, -0.1) is 11.3 Å². The largest absolute Gasteiger partial charge is 0.494 e. The van der Waals surface area contributed by atoms with Crippen LogP contribution < -0.4 is 21.3 Å². The number of carbonyl (C=O) groups excluding carboxylic acids is 1. The van der Waals surface area contributed by atoms with Gasteiger partial charge in [-0.05, 0) is 53.9 Å². The van der Waals surface area contributed by atoms with Crippen molar-refractivity contribution in [1.29, 1.82) is 0 Å². The van der Waals surface area contributed by atoms with E-state index in [4.69, 9.17) is 17.3 Å². The van der Waals surface area contributed by atoms with Crippen molar-refractivity contribution in [2.45, 2.75) is 4.21 Å². The molecule has 4 rings (SSSR count). The number of carbonyl (C=O) groups is 1. The Hall–Kier alpha value is -3.87. The monoisotopic (exact) mass is 531 g/mol. The number of rotatable bonds is 5. The molecular formula is C22H18ClN5O5S2. The minimum atomic E-state index is -4.07. The highest BCUT2D eigenvalue weighted by molar-refractivity contribution is 7.92. The lowest BCUT2D eigenvalue weighted by molar-refractivity contribution is 0.256. The fourth-order valence-corrected chi connectivity index (χ4v) is 5.70. The summed E-state index contributed by atoms with van der Waals surface area (Å²) in [6.07, 6.45) is 0. The number of nitrogens with zero attached hydrogens (tertiary/aromatic N) is 2. The first kappa shape index (κ1) is 24.3. The molecule has 0 spiro atoms. The molecule has 0 fully saturated rings. The molecule has 0 unspecified atom stereocenters. The highest BCUT2D eigenvalue weighted by Gasteiger charge is 2.20. The summed E-state index contributed by atoms with van der Waals surface area (Å²) in [6.45, 7) is 0. The first-order valence-corrected chi connectivity index (χ1v) is 12.6. The average Bonchev–Trinajstić information content (AvgIpc) is 3.26. The molecule has 13 heteroatoms. The van der Waals surface area contributed by atoms with Crippen LogP contribution in [0.15, 0.2) is 74.7 Å². The van der Waals surface area contributed by atoms with Gasteiger partial charge in [0.25, 0.3) is 15.6 Å². The maximum absolute atomic E-state index is 12.7. The zero-order valence-corrected chi connectivity index (χ0v) is 20.4. The predicted molar refractivity (Wildman–Crippen MR) is 137 cm³/mol. The number of urea groups is 1. The van der Waals surface area contributed by atoms with Gasteiger partial charge in [-0.25, -0.2) is 22.5 Å². The van der Waals surface area contributed by atoms with Crippen molar-refractivity contribution in [3.8, 4) is 11.6 Å². The molecule has 0 aliphatic heterocycles. The lowest BCUT2D eigenvalue weighted by Crippen LogP contribution is -2.33. The van der Waals surface area contributed by atoms with Gasteiger partial charge in [0.1, 0.15) is 10.0 Å². The van der Waals surface area contributed by atoms with Crippen molar-refractivity contribution in [3.05, 3.63) is 80.9 Å². The number of pyridine rings is 1. The second-order valence-electron chi connectivity index (χ2n) is 7.22. The van der Waals surface area contributed by atoms with Gasteiger partial charge in [0, 0.05) is 29.8 Å². The summed E-state index contributed by atoms with van der Waals surface area (Å²) in [5.74, 6) is 0.0277. The van der Waals surface area contributed by atoms with Gasteiger partial charge >= 0.3 is 6.03 Å². The Morgan fingerprint density at radius 1 is 1.11 bits per heavy atom. The number of hydrogen-bond donors (Lipinski definition) is 4. The van der Waals surface area contributed by atoms with Crippen LogP contribution in [0, 0.1) is 0 Å². The Balaban J connectivity index is 1.57. The maximum Gasteiger partial charge on any atom is 0.333 e. The molecule has 2 aromatic carbocycles. The second kappa shape index (κ2) is 9.41. The van der Waals surface area contributed by atoms with Crippen LogP contribution in [0.1, 0.15) is 5.56 Å². The van der Waals surface area contributed by atoms with E-state index in [0.29, 0.717) is 27.9 Å². The average molecular weight is 532 g/mol. The van der Waals surface area contributed by atoms with Crippen LogP contribution in [0.2, 0.25) is 4.34 Å². The summed E-state index contributed by atoms with van der Waals surface area (Å²) in [5, 5.41) is 14.1. The third kappa shape index (κ3) is 4.99.